The summed E-state index contributed by atoms with van der Waals surface area (Å²) < 4.78 is 6.07. The molecular weight excluding hydrogens is 352 g/mol. The molecule has 0 amide bonds. The van der Waals surface area contributed by atoms with E-state index in [2.05, 4.69) is 38.1 Å². The molecule has 0 heterocycles. The normalized spacial score (nSPS) is 27.7. The quantitative estimate of drug-likeness (QED) is 0.339. The van der Waals surface area contributed by atoms with Crippen LogP contribution in [0.15, 0.2) is 24.3 Å². The first kappa shape index (κ1) is 22.7. The molecule has 2 atom stereocenters. The average Bonchev–Trinajstić information content (AvgIpc) is 2.77. The predicted molar refractivity (Wildman–Crippen MR) is 126 cm³/mol. The van der Waals surface area contributed by atoms with Crippen LogP contribution in [0, 0.1) is 23.7 Å². The van der Waals surface area contributed by atoms with E-state index < -0.39 is 0 Å². The molecule has 2 saturated carbocycles. The highest BCUT2D eigenvalue weighted by molar-refractivity contribution is 5.27. The molecule has 2 fully saturated rings. The van der Waals surface area contributed by atoms with Crippen LogP contribution in [0.25, 0.3) is 0 Å². The van der Waals surface area contributed by atoms with Gasteiger partial charge in [0.15, 0.2) is 0 Å². The largest absolute Gasteiger partial charge is 0.494 e. The van der Waals surface area contributed by atoms with E-state index in [9.17, 15) is 0 Å². The smallest absolute Gasteiger partial charge is 0.119 e. The Labute approximate surface area is 181 Å². The molecule has 0 spiro atoms. The lowest BCUT2D eigenvalue weighted by molar-refractivity contribution is 0.193. The van der Waals surface area contributed by atoms with Gasteiger partial charge in [0.05, 0.1) is 6.61 Å². The summed E-state index contributed by atoms with van der Waals surface area (Å²) in [5, 5.41) is 0. The highest BCUT2D eigenvalue weighted by Gasteiger charge is 2.23. The molecule has 0 saturated heterocycles. The fourth-order valence-corrected chi connectivity index (χ4v) is 6.00. The fourth-order valence-electron chi connectivity index (χ4n) is 6.00. The van der Waals surface area contributed by atoms with Crippen LogP contribution in [-0.4, -0.2) is 6.61 Å². The zero-order valence-corrected chi connectivity index (χ0v) is 19.3. The maximum Gasteiger partial charge on any atom is 0.119 e. The van der Waals surface area contributed by atoms with Gasteiger partial charge in [-0.3, -0.25) is 0 Å². The van der Waals surface area contributed by atoms with Crippen molar-refractivity contribution in [2.24, 2.45) is 23.7 Å². The van der Waals surface area contributed by atoms with Gasteiger partial charge in [0, 0.05) is 0 Å². The Bertz CT molecular complexity index is 538. The van der Waals surface area contributed by atoms with Gasteiger partial charge in [0.25, 0.3) is 0 Å². The van der Waals surface area contributed by atoms with Crippen LogP contribution in [0.1, 0.15) is 109 Å². The molecule has 1 aromatic carbocycles. The summed E-state index contributed by atoms with van der Waals surface area (Å²) in [6.45, 7) is 5.58. The van der Waals surface area contributed by atoms with Crippen molar-refractivity contribution in [1.29, 1.82) is 0 Å². The van der Waals surface area contributed by atoms with E-state index in [0.29, 0.717) is 0 Å². The van der Waals surface area contributed by atoms with Crippen molar-refractivity contribution < 1.29 is 4.74 Å². The predicted octanol–water partition coefficient (Wildman–Crippen LogP) is 8.60. The second-order valence-corrected chi connectivity index (χ2v) is 10.1. The van der Waals surface area contributed by atoms with E-state index in [1.54, 1.807) is 0 Å². The van der Waals surface area contributed by atoms with Gasteiger partial charge in [-0.1, -0.05) is 96.6 Å². The zero-order chi connectivity index (χ0) is 20.3. The lowest BCUT2D eigenvalue weighted by Gasteiger charge is -2.31. The minimum absolute atomic E-state index is 0.884. The molecule has 1 heteroatoms. The standard InChI is InChI=1S/C28H46O/c1-3-8-26-9-5-6-10-27(26)11-7-22-29-28-20-18-25(19-21-28)17-16-24-14-12-23(4-2)13-15-24/h18-21,23-24,26-27H,3-17,22H2,1-2H3. The van der Waals surface area contributed by atoms with Crippen molar-refractivity contribution in [1.82, 2.24) is 0 Å². The number of ether oxygens (including phenoxy) is 1. The van der Waals surface area contributed by atoms with Crippen LogP contribution in [0.5, 0.6) is 5.75 Å². The number of hydrogen-bond acceptors (Lipinski definition) is 1. The molecule has 2 aliphatic rings. The molecule has 2 aliphatic carbocycles. The van der Waals surface area contributed by atoms with Crippen molar-refractivity contribution in [3.8, 4) is 5.75 Å². The van der Waals surface area contributed by atoms with E-state index in [0.717, 1.165) is 36.0 Å². The second kappa shape index (κ2) is 12.7. The molecule has 1 aromatic rings. The van der Waals surface area contributed by atoms with Gasteiger partial charge in [-0.25, -0.2) is 0 Å². The first-order valence-electron chi connectivity index (χ1n) is 13.0. The van der Waals surface area contributed by atoms with Crippen molar-refractivity contribution in [3.63, 3.8) is 0 Å². The van der Waals surface area contributed by atoms with Crippen LogP contribution in [-0.2, 0) is 6.42 Å². The Kier molecular flexibility index (Phi) is 9.91. The van der Waals surface area contributed by atoms with Gasteiger partial charge >= 0.3 is 0 Å². The van der Waals surface area contributed by atoms with Gasteiger partial charge in [-0.05, 0) is 67.1 Å². The summed E-state index contributed by atoms with van der Waals surface area (Å²) in [6.07, 6.45) is 21.1. The molecule has 0 N–H and O–H groups in total. The maximum atomic E-state index is 6.07. The van der Waals surface area contributed by atoms with Gasteiger partial charge < -0.3 is 4.74 Å². The minimum atomic E-state index is 0.884. The summed E-state index contributed by atoms with van der Waals surface area (Å²) in [5.41, 5.74) is 1.49. The van der Waals surface area contributed by atoms with Crippen LogP contribution in [0.4, 0.5) is 0 Å². The van der Waals surface area contributed by atoms with Crippen LogP contribution in [0.3, 0.4) is 0 Å². The van der Waals surface area contributed by atoms with Crippen LogP contribution in [0.2, 0.25) is 0 Å². The Morgan fingerprint density at radius 2 is 1.41 bits per heavy atom. The average molecular weight is 399 g/mol. The molecule has 1 nitrogen and oxygen atoms in total. The van der Waals surface area contributed by atoms with E-state index in [1.807, 2.05) is 0 Å². The molecule has 29 heavy (non-hydrogen) atoms. The van der Waals surface area contributed by atoms with Crippen molar-refractivity contribution in [2.45, 2.75) is 110 Å². The number of aryl methyl sites for hydroxylation is 1. The Morgan fingerprint density at radius 3 is 2.07 bits per heavy atom. The molecule has 0 aliphatic heterocycles. The molecule has 2 unspecified atom stereocenters. The first-order valence-corrected chi connectivity index (χ1v) is 13.0. The van der Waals surface area contributed by atoms with Gasteiger partial charge in [-0.15, -0.1) is 0 Å². The highest BCUT2D eigenvalue weighted by Crippen LogP contribution is 2.36. The van der Waals surface area contributed by atoms with E-state index >= 15 is 0 Å². The Morgan fingerprint density at radius 1 is 0.759 bits per heavy atom. The van der Waals surface area contributed by atoms with E-state index in [1.165, 1.54) is 102 Å². The first-order chi connectivity index (χ1) is 14.3. The van der Waals surface area contributed by atoms with E-state index in [4.69, 9.17) is 4.74 Å². The van der Waals surface area contributed by atoms with Crippen LogP contribution < -0.4 is 4.74 Å². The third-order valence-electron chi connectivity index (χ3n) is 8.02. The summed E-state index contributed by atoms with van der Waals surface area (Å²) in [6, 6.07) is 8.99. The number of rotatable bonds is 11. The monoisotopic (exact) mass is 398 g/mol. The lowest BCUT2D eigenvalue weighted by Crippen LogP contribution is -2.20. The lowest BCUT2D eigenvalue weighted by atomic mass is 9.75. The number of hydrogen-bond donors (Lipinski definition) is 0. The maximum absolute atomic E-state index is 6.07. The summed E-state index contributed by atoms with van der Waals surface area (Å²) in [5.74, 6) is 4.99. The van der Waals surface area contributed by atoms with Crippen molar-refractivity contribution >= 4 is 0 Å². The van der Waals surface area contributed by atoms with Crippen molar-refractivity contribution in [2.75, 3.05) is 6.61 Å². The topological polar surface area (TPSA) is 9.23 Å². The third kappa shape index (κ3) is 7.65. The Hall–Kier alpha value is -0.980. The zero-order valence-electron chi connectivity index (χ0n) is 19.3. The molecule has 0 aromatic heterocycles. The summed E-state index contributed by atoms with van der Waals surface area (Å²) in [7, 11) is 0. The van der Waals surface area contributed by atoms with Gasteiger partial charge in [-0.2, -0.15) is 0 Å². The van der Waals surface area contributed by atoms with Crippen LogP contribution >= 0.6 is 0 Å². The molecule has 164 valence electrons. The van der Waals surface area contributed by atoms with E-state index in [-0.39, 0.29) is 0 Å². The Balaban J connectivity index is 1.31. The molecular formula is C28H46O. The minimum Gasteiger partial charge on any atom is -0.494 e. The summed E-state index contributed by atoms with van der Waals surface area (Å²) in [4.78, 5) is 0. The second-order valence-electron chi connectivity index (χ2n) is 10.1. The summed E-state index contributed by atoms with van der Waals surface area (Å²) >= 11 is 0. The fraction of sp³-hybridized carbons (Fsp3) is 0.786. The van der Waals surface area contributed by atoms with Gasteiger partial charge in [0.1, 0.15) is 5.75 Å². The molecule has 0 bridgehead atoms. The highest BCUT2D eigenvalue weighted by atomic mass is 16.5. The molecule has 0 radical (unpaired) electrons. The van der Waals surface area contributed by atoms with Crippen molar-refractivity contribution in [3.05, 3.63) is 29.8 Å². The number of benzene rings is 1. The SMILES string of the molecule is CCCC1CCCCC1CCCOc1ccc(CCC2CCC(CC)CC2)cc1. The third-order valence-corrected chi connectivity index (χ3v) is 8.02. The van der Waals surface area contributed by atoms with Gasteiger partial charge in [0.2, 0.25) is 0 Å². The molecule has 3 rings (SSSR count).